The number of nitrogens with zero attached hydrogens (tertiary/aromatic N) is 2. The quantitative estimate of drug-likeness (QED) is 0.577. The molecule has 0 bridgehead atoms. The third-order valence-electron chi connectivity index (χ3n) is 3.70. The normalized spacial score (nSPS) is 15.8. The van der Waals surface area contributed by atoms with Crippen molar-refractivity contribution in [3.05, 3.63) is 42.1 Å². The summed E-state index contributed by atoms with van der Waals surface area (Å²) in [5, 5.41) is 3.87. The van der Waals surface area contributed by atoms with E-state index in [0.29, 0.717) is 23.0 Å². The highest BCUT2D eigenvalue weighted by atomic mass is 16.5. The average molecular weight is 356 g/mol. The number of dihydropyridines is 1. The fourth-order valence-electron chi connectivity index (χ4n) is 2.36. The second-order valence-electron chi connectivity index (χ2n) is 5.34. The molecular weight excluding hydrogens is 340 g/mol. The first-order valence-electron chi connectivity index (χ1n) is 7.71. The van der Waals surface area contributed by atoms with Gasteiger partial charge in [0.15, 0.2) is 23.2 Å². The van der Waals surface area contributed by atoms with Crippen molar-refractivity contribution >= 4 is 18.1 Å². The molecule has 26 heavy (non-hydrogen) atoms. The standard InChI is InChI=1S/C18H16N2O6/c1-23-14-6-5-11(8-16(14)24-2)15-9-12(20-26-15)10-25-18(22)13-4-3-7-19-17(13)21/h3-9,13H,10H2,1-2H3. The Morgan fingerprint density at radius 3 is 2.73 bits per heavy atom. The predicted molar refractivity (Wildman–Crippen MR) is 91.0 cm³/mol. The Labute approximate surface area is 149 Å². The second kappa shape index (κ2) is 7.64. The van der Waals surface area contributed by atoms with Crippen molar-refractivity contribution in [1.29, 1.82) is 0 Å². The van der Waals surface area contributed by atoms with E-state index < -0.39 is 17.8 Å². The molecule has 1 amide bonds. The van der Waals surface area contributed by atoms with Gasteiger partial charge in [-0.25, -0.2) is 4.99 Å². The number of carbonyl (C=O) groups is 2. The predicted octanol–water partition coefficient (Wildman–Crippen LogP) is 2.19. The van der Waals surface area contributed by atoms with Gasteiger partial charge in [0, 0.05) is 17.8 Å². The molecule has 1 aromatic heterocycles. The summed E-state index contributed by atoms with van der Waals surface area (Å²) in [6.45, 7) is -0.114. The number of hydrogen-bond donors (Lipinski definition) is 0. The van der Waals surface area contributed by atoms with Crippen LogP contribution in [0.15, 0.2) is 45.9 Å². The van der Waals surface area contributed by atoms with Crippen molar-refractivity contribution in [2.75, 3.05) is 14.2 Å². The minimum absolute atomic E-state index is 0.114. The number of allylic oxidation sites excluding steroid dienone is 1. The second-order valence-corrected chi connectivity index (χ2v) is 5.34. The number of ether oxygens (including phenoxy) is 3. The van der Waals surface area contributed by atoms with Crippen LogP contribution in [0, 0.1) is 5.92 Å². The molecule has 0 fully saturated rings. The molecule has 8 heteroatoms. The van der Waals surface area contributed by atoms with Gasteiger partial charge in [0.05, 0.1) is 14.2 Å². The third kappa shape index (κ3) is 3.64. The smallest absolute Gasteiger partial charge is 0.322 e. The minimum atomic E-state index is -1.02. The zero-order chi connectivity index (χ0) is 18.5. The number of rotatable bonds is 6. The van der Waals surface area contributed by atoms with E-state index in [0.717, 1.165) is 5.56 Å². The van der Waals surface area contributed by atoms with Crippen molar-refractivity contribution in [2.24, 2.45) is 10.9 Å². The Morgan fingerprint density at radius 2 is 2.00 bits per heavy atom. The minimum Gasteiger partial charge on any atom is -0.493 e. The topological polar surface area (TPSA) is 100 Å². The first kappa shape index (κ1) is 17.4. The molecule has 0 N–H and O–H groups in total. The molecule has 0 aliphatic carbocycles. The summed E-state index contributed by atoms with van der Waals surface area (Å²) in [4.78, 5) is 27.1. The third-order valence-corrected chi connectivity index (χ3v) is 3.70. The number of methoxy groups -OCH3 is 2. The lowest BCUT2D eigenvalue weighted by Crippen LogP contribution is -2.24. The van der Waals surface area contributed by atoms with Gasteiger partial charge in [0.25, 0.3) is 5.91 Å². The SMILES string of the molecule is COc1ccc(-c2cc(COC(=O)C3C=CC=NC3=O)no2)cc1OC. The van der Waals surface area contributed by atoms with Gasteiger partial charge in [0.2, 0.25) is 0 Å². The summed E-state index contributed by atoms with van der Waals surface area (Å²) in [6, 6.07) is 6.93. The van der Waals surface area contributed by atoms with Crippen molar-refractivity contribution in [3.8, 4) is 22.8 Å². The fraction of sp³-hybridized carbons (Fsp3) is 0.222. The Morgan fingerprint density at radius 1 is 1.19 bits per heavy atom. The van der Waals surface area contributed by atoms with Gasteiger partial charge >= 0.3 is 5.97 Å². The van der Waals surface area contributed by atoms with Crippen LogP contribution in [0.25, 0.3) is 11.3 Å². The van der Waals surface area contributed by atoms with Crippen LogP contribution in [0.5, 0.6) is 11.5 Å². The molecular formula is C18H16N2O6. The molecule has 2 aromatic rings. The van der Waals surface area contributed by atoms with E-state index in [4.69, 9.17) is 18.7 Å². The lowest BCUT2D eigenvalue weighted by atomic mass is 10.1. The van der Waals surface area contributed by atoms with Crippen molar-refractivity contribution in [2.45, 2.75) is 6.61 Å². The van der Waals surface area contributed by atoms with E-state index >= 15 is 0 Å². The molecule has 1 aliphatic rings. The molecule has 0 saturated heterocycles. The fourth-order valence-corrected chi connectivity index (χ4v) is 2.36. The zero-order valence-electron chi connectivity index (χ0n) is 14.2. The summed E-state index contributed by atoms with van der Waals surface area (Å²) in [5.41, 5.74) is 1.14. The van der Waals surface area contributed by atoms with Gasteiger partial charge < -0.3 is 18.7 Å². The van der Waals surface area contributed by atoms with E-state index in [-0.39, 0.29) is 6.61 Å². The highest BCUT2D eigenvalue weighted by Crippen LogP contribution is 2.32. The van der Waals surface area contributed by atoms with Gasteiger partial charge in [-0.05, 0) is 24.3 Å². The molecule has 134 valence electrons. The van der Waals surface area contributed by atoms with Gasteiger partial charge in [-0.2, -0.15) is 0 Å². The summed E-state index contributed by atoms with van der Waals surface area (Å²) >= 11 is 0. The molecule has 0 radical (unpaired) electrons. The van der Waals surface area contributed by atoms with Crippen molar-refractivity contribution in [3.63, 3.8) is 0 Å². The van der Waals surface area contributed by atoms with E-state index in [1.807, 2.05) is 0 Å². The van der Waals surface area contributed by atoms with Crippen molar-refractivity contribution < 1.29 is 28.3 Å². The first-order chi connectivity index (χ1) is 12.6. The molecule has 1 unspecified atom stereocenters. The van der Waals surface area contributed by atoms with Gasteiger partial charge in [-0.3, -0.25) is 9.59 Å². The Balaban J connectivity index is 1.67. The van der Waals surface area contributed by atoms with Crippen molar-refractivity contribution in [1.82, 2.24) is 5.16 Å². The molecule has 1 aromatic carbocycles. The van der Waals surface area contributed by atoms with Gasteiger partial charge in [-0.15, -0.1) is 0 Å². The first-order valence-corrected chi connectivity index (χ1v) is 7.71. The Bertz CT molecular complexity index is 884. The highest BCUT2D eigenvalue weighted by molar-refractivity contribution is 6.05. The maximum Gasteiger partial charge on any atom is 0.322 e. The van der Waals surface area contributed by atoms with E-state index in [1.54, 1.807) is 31.4 Å². The van der Waals surface area contributed by atoms with Crippen LogP contribution in [0.1, 0.15) is 5.69 Å². The Hall–Kier alpha value is -3.42. The lowest BCUT2D eigenvalue weighted by Gasteiger charge is -2.09. The zero-order valence-corrected chi connectivity index (χ0v) is 14.2. The van der Waals surface area contributed by atoms with E-state index in [9.17, 15) is 9.59 Å². The molecule has 8 nitrogen and oxygen atoms in total. The van der Waals surface area contributed by atoms with Crippen LogP contribution in [0.4, 0.5) is 0 Å². The molecule has 1 aliphatic heterocycles. The summed E-state index contributed by atoms with van der Waals surface area (Å²) in [7, 11) is 3.09. The number of amides is 1. The Kier molecular flexibility index (Phi) is 5.12. The molecule has 2 heterocycles. The van der Waals surface area contributed by atoms with Crippen LogP contribution in [-0.4, -0.2) is 37.5 Å². The van der Waals surface area contributed by atoms with Gasteiger partial charge in [0.1, 0.15) is 12.3 Å². The van der Waals surface area contributed by atoms with Crippen LogP contribution < -0.4 is 9.47 Å². The number of hydrogen-bond acceptors (Lipinski definition) is 7. The van der Waals surface area contributed by atoms with E-state index in [2.05, 4.69) is 10.1 Å². The average Bonchev–Trinajstić information content (AvgIpc) is 3.15. The summed E-state index contributed by atoms with van der Waals surface area (Å²) < 4.78 is 20.8. The largest absolute Gasteiger partial charge is 0.493 e. The van der Waals surface area contributed by atoms with Crippen LogP contribution >= 0.6 is 0 Å². The van der Waals surface area contributed by atoms with Gasteiger partial charge in [-0.1, -0.05) is 11.2 Å². The number of carbonyl (C=O) groups excluding carboxylic acids is 2. The number of aliphatic imine (C=N–C) groups is 1. The monoisotopic (exact) mass is 356 g/mol. The number of benzene rings is 1. The molecule has 0 saturated carbocycles. The lowest BCUT2D eigenvalue weighted by molar-refractivity contribution is -0.151. The van der Waals surface area contributed by atoms with Crippen LogP contribution in [0.3, 0.4) is 0 Å². The summed E-state index contributed by atoms with van der Waals surface area (Å²) in [5.74, 6) is -0.620. The van der Waals surface area contributed by atoms with Crippen LogP contribution in [0.2, 0.25) is 0 Å². The number of esters is 1. The maximum atomic E-state index is 12.0. The summed E-state index contributed by atoms with van der Waals surface area (Å²) in [6.07, 6.45) is 4.30. The van der Waals surface area contributed by atoms with E-state index in [1.165, 1.54) is 25.5 Å². The van der Waals surface area contributed by atoms with Crippen LogP contribution in [-0.2, 0) is 20.9 Å². The molecule has 3 rings (SSSR count). The number of aromatic nitrogens is 1. The molecule has 1 atom stereocenters. The highest BCUT2D eigenvalue weighted by Gasteiger charge is 2.26. The molecule has 0 spiro atoms. The maximum absolute atomic E-state index is 12.0.